The van der Waals surface area contributed by atoms with Gasteiger partial charge in [0, 0.05) is 27.6 Å². The van der Waals surface area contributed by atoms with Crippen LogP contribution < -0.4 is 5.22 Å². The van der Waals surface area contributed by atoms with E-state index < -0.39 is 5.92 Å². The molecule has 37 heavy (non-hydrogen) atoms. The first kappa shape index (κ1) is 21.4. The van der Waals surface area contributed by atoms with E-state index in [1.54, 1.807) is 54.6 Å². The average molecular weight is 477 g/mol. The molecule has 1 aliphatic carbocycles. The maximum Gasteiger partial charge on any atom is 0.190 e. The van der Waals surface area contributed by atoms with E-state index in [2.05, 4.69) is 18.2 Å². The van der Waals surface area contributed by atoms with Gasteiger partial charge in [0.2, 0.25) is 0 Å². The molecule has 1 aliphatic rings. The molecule has 3 nitrogen and oxygen atoms in total. The van der Waals surface area contributed by atoms with Crippen molar-refractivity contribution in [3.63, 3.8) is 0 Å². The minimum absolute atomic E-state index is 0.256. The lowest BCUT2D eigenvalue weighted by molar-refractivity contribution is 0.0830. The third kappa shape index (κ3) is 3.04. The zero-order valence-corrected chi connectivity index (χ0v) is 19.8. The Kier molecular flexibility index (Phi) is 4.67. The Balaban J connectivity index is 1.72. The van der Waals surface area contributed by atoms with E-state index in [1.807, 2.05) is 42.5 Å². The molecule has 174 valence electrons. The molecule has 3 heteroatoms. The van der Waals surface area contributed by atoms with Crippen LogP contribution in [0.2, 0.25) is 0 Å². The maximum absolute atomic E-state index is 14.3. The first-order chi connectivity index (χ1) is 18.1. The number of carbonyl (C=O) groups is 3. The van der Waals surface area contributed by atoms with Gasteiger partial charge in [-0.25, -0.2) is 0 Å². The molecule has 6 aromatic rings. The zero-order valence-electron chi connectivity index (χ0n) is 19.8. The summed E-state index contributed by atoms with van der Waals surface area (Å²) in [6.07, 6.45) is 0. The minimum atomic E-state index is -1.23. The second-order valence-electron chi connectivity index (χ2n) is 9.45. The Labute approximate surface area is 212 Å². The van der Waals surface area contributed by atoms with Crippen LogP contribution in [0.3, 0.4) is 0 Å². The first-order valence-corrected chi connectivity index (χ1v) is 12.3. The Bertz CT molecular complexity index is 1960. The summed E-state index contributed by atoms with van der Waals surface area (Å²) in [7, 11) is 0. The Morgan fingerprint density at radius 3 is 1.78 bits per heavy atom. The zero-order chi connectivity index (χ0) is 25.1. The second kappa shape index (κ2) is 8.07. The standard InChI is InChI=1S/C34H20O3/c35-32(21-10-3-1-4-11-21)30-29-25-18-8-15-20-14-7-16-23(27(20)25)24-17-9-19-26(28(24)29)34(37)31(30)33(36)22-12-5-2-6-13-22/h1-19,31H. The highest BCUT2D eigenvalue weighted by Gasteiger charge is 2.40. The lowest BCUT2D eigenvalue weighted by Gasteiger charge is -2.26. The number of Topliss-reactive ketones (excluding diaryl/α,β-unsaturated/α-hetero) is 3. The van der Waals surface area contributed by atoms with E-state index in [0.717, 1.165) is 32.3 Å². The van der Waals surface area contributed by atoms with Crippen molar-refractivity contribution in [2.45, 2.75) is 0 Å². The first-order valence-electron chi connectivity index (χ1n) is 12.3. The van der Waals surface area contributed by atoms with Gasteiger partial charge in [0.05, 0.1) is 0 Å². The normalized spacial score (nSPS) is 15.0. The molecule has 0 amide bonds. The van der Waals surface area contributed by atoms with Crippen molar-refractivity contribution in [2.75, 3.05) is 0 Å². The van der Waals surface area contributed by atoms with Gasteiger partial charge in [-0.2, -0.15) is 0 Å². The van der Waals surface area contributed by atoms with Gasteiger partial charge < -0.3 is 0 Å². The third-order valence-corrected chi connectivity index (χ3v) is 7.47. The summed E-state index contributed by atoms with van der Waals surface area (Å²) < 4.78 is 0. The van der Waals surface area contributed by atoms with Crippen LogP contribution in [0, 0.1) is 5.92 Å². The summed E-state index contributed by atoms with van der Waals surface area (Å²) in [4.78, 5) is 42.4. The summed E-state index contributed by atoms with van der Waals surface area (Å²) >= 11 is 0. The third-order valence-electron chi connectivity index (χ3n) is 7.47. The second-order valence-corrected chi connectivity index (χ2v) is 9.45. The molecule has 0 fully saturated rings. The molecule has 0 aliphatic heterocycles. The van der Waals surface area contributed by atoms with E-state index in [4.69, 9.17) is 0 Å². The lowest BCUT2D eigenvalue weighted by atomic mass is 9.73. The number of fused-ring (bicyclic) bond motifs is 2. The fourth-order valence-electron chi connectivity index (χ4n) is 5.88. The quantitative estimate of drug-likeness (QED) is 0.125. The number of benzene rings is 6. The smallest absolute Gasteiger partial charge is 0.190 e. The molecule has 0 saturated carbocycles. The highest BCUT2D eigenvalue weighted by Crippen LogP contribution is 2.38. The van der Waals surface area contributed by atoms with Crippen LogP contribution in [-0.4, -0.2) is 17.3 Å². The summed E-state index contributed by atoms with van der Waals surface area (Å²) in [5.41, 5.74) is 1.61. The molecular weight excluding hydrogens is 456 g/mol. The molecule has 0 heterocycles. The molecule has 0 bridgehead atoms. The molecule has 0 radical (unpaired) electrons. The van der Waals surface area contributed by atoms with E-state index in [1.165, 1.54) is 0 Å². The molecule has 6 aromatic carbocycles. The van der Waals surface area contributed by atoms with Gasteiger partial charge in [-0.15, -0.1) is 0 Å². The highest BCUT2D eigenvalue weighted by atomic mass is 16.2. The monoisotopic (exact) mass is 476 g/mol. The summed E-state index contributed by atoms with van der Waals surface area (Å²) in [5.74, 6) is -2.22. The number of hydrogen-bond donors (Lipinski definition) is 0. The molecule has 0 N–H and O–H groups in total. The van der Waals surface area contributed by atoms with Crippen molar-refractivity contribution >= 4 is 55.2 Å². The predicted molar refractivity (Wildman–Crippen MR) is 147 cm³/mol. The van der Waals surface area contributed by atoms with Crippen LogP contribution in [-0.2, 0) is 0 Å². The Morgan fingerprint density at radius 2 is 1.11 bits per heavy atom. The van der Waals surface area contributed by atoms with Crippen LogP contribution in [0.15, 0.2) is 115 Å². The Hall–Kier alpha value is -4.89. The molecular formula is C34H20O3. The molecule has 1 unspecified atom stereocenters. The minimum Gasteiger partial charge on any atom is -0.293 e. The molecule has 0 spiro atoms. The summed E-state index contributed by atoms with van der Waals surface area (Å²) in [6, 6.07) is 35.5. The number of hydrogen-bond acceptors (Lipinski definition) is 3. The maximum atomic E-state index is 14.3. The highest BCUT2D eigenvalue weighted by molar-refractivity contribution is 6.41. The number of carbonyl (C=O) groups excluding carboxylic acids is 3. The van der Waals surface area contributed by atoms with E-state index in [-0.39, 0.29) is 22.9 Å². The Morgan fingerprint density at radius 1 is 0.541 bits per heavy atom. The fraction of sp³-hybridized carbons (Fsp3) is 0.0294. The van der Waals surface area contributed by atoms with Gasteiger partial charge in [0.15, 0.2) is 17.3 Å². The van der Waals surface area contributed by atoms with Crippen LogP contribution in [0.1, 0.15) is 31.1 Å². The molecule has 0 saturated heterocycles. The average Bonchev–Trinajstić information content (AvgIpc) is 2.96. The van der Waals surface area contributed by atoms with Crippen LogP contribution in [0.25, 0.3) is 37.9 Å². The van der Waals surface area contributed by atoms with Crippen LogP contribution in [0.5, 0.6) is 0 Å². The molecule has 0 aromatic heterocycles. The molecule has 1 atom stereocenters. The van der Waals surface area contributed by atoms with Gasteiger partial charge in [0.25, 0.3) is 0 Å². The van der Waals surface area contributed by atoms with Crippen molar-refractivity contribution in [1.29, 1.82) is 0 Å². The van der Waals surface area contributed by atoms with E-state index in [0.29, 0.717) is 21.9 Å². The van der Waals surface area contributed by atoms with Gasteiger partial charge >= 0.3 is 0 Å². The number of rotatable bonds is 4. The van der Waals surface area contributed by atoms with Gasteiger partial charge in [-0.3, -0.25) is 14.4 Å². The van der Waals surface area contributed by atoms with Gasteiger partial charge in [-0.1, -0.05) is 115 Å². The SMILES string of the molecule is O=C(C1=c2c3cccc4cccc(c5cccc(c25)C(=O)C1C(=O)c1ccccc1)c43)c1ccccc1. The number of ketones is 3. The van der Waals surface area contributed by atoms with Crippen LogP contribution in [0.4, 0.5) is 0 Å². The van der Waals surface area contributed by atoms with E-state index in [9.17, 15) is 14.4 Å². The largest absolute Gasteiger partial charge is 0.293 e. The summed E-state index contributed by atoms with van der Waals surface area (Å²) in [5, 5.41) is 6.34. The van der Waals surface area contributed by atoms with Gasteiger partial charge in [0.1, 0.15) is 5.92 Å². The fourth-order valence-corrected chi connectivity index (χ4v) is 5.88. The lowest BCUT2D eigenvalue weighted by Crippen LogP contribution is -2.37. The van der Waals surface area contributed by atoms with Crippen molar-refractivity contribution in [1.82, 2.24) is 0 Å². The van der Waals surface area contributed by atoms with Gasteiger partial charge in [-0.05, 0) is 32.1 Å². The van der Waals surface area contributed by atoms with Crippen molar-refractivity contribution in [2.24, 2.45) is 5.92 Å². The van der Waals surface area contributed by atoms with Crippen molar-refractivity contribution < 1.29 is 14.4 Å². The topological polar surface area (TPSA) is 51.2 Å². The van der Waals surface area contributed by atoms with Crippen LogP contribution >= 0.6 is 0 Å². The van der Waals surface area contributed by atoms with Crippen molar-refractivity contribution in [3.8, 4) is 0 Å². The van der Waals surface area contributed by atoms with Crippen molar-refractivity contribution in [3.05, 3.63) is 137 Å². The van der Waals surface area contributed by atoms with E-state index >= 15 is 0 Å². The summed E-state index contributed by atoms with van der Waals surface area (Å²) in [6.45, 7) is 0. The predicted octanol–water partition coefficient (Wildman–Crippen LogP) is 6.59. The molecule has 7 rings (SSSR count).